The number of benzene rings is 4. The third-order valence-electron chi connectivity index (χ3n) is 9.42. The lowest BCUT2D eigenvalue weighted by Crippen LogP contribution is -2.11. The van der Waals surface area contributed by atoms with E-state index in [1.54, 1.807) is 86.6 Å². The van der Waals surface area contributed by atoms with Crippen LogP contribution in [0.3, 0.4) is 0 Å². The highest BCUT2D eigenvalue weighted by molar-refractivity contribution is 6.03. The molecule has 16 nitrogen and oxygen atoms in total. The van der Waals surface area contributed by atoms with Crippen molar-refractivity contribution in [2.75, 3.05) is 40.6 Å². The second-order valence-corrected chi connectivity index (χ2v) is 14.2. The molecule has 0 saturated heterocycles. The van der Waals surface area contributed by atoms with E-state index in [1.165, 1.54) is 38.5 Å². The number of hydrogen-bond acceptors (Lipinski definition) is 16. The largest absolute Gasteiger partial charge is 0.494 e. The Morgan fingerprint density at radius 1 is 0.544 bits per heavy atom. The van der Waals surface area contributed by atoms with Gasteiger partial charge in [0, 0.05) is 23.3 Å². The van der Waals surface area contributed by atoms with Crippen molar-refractivity contribution < 1.29 is 57.1 Å². The number of carbonyl (C=O) groups excluding carboxylic acids is 4. The van der Waals surface area contributed by atoms with Crippen LogP contribution in [0.5, 0.6) is 34.5 Å². The van der Waals surface area contributed by atoms with Crippen LogP contribution in [0, 0.1) is 22.7 Å². The van der Waals surface area contributed by atoms with E-state index in [4.69, 9.17) is 37.9 Å². The fourth-order valence-electron chi connectivity index (χ4n) is 5.71. The van der Waals surface area contributed by atoms with Crippen molar-refractivity contribution >= 4 is 47.5 Å². The fraction of sp³-hybridized carbons (Fsp3) is 0.231. The van der Waals surface area contributed by atoms with Gasteiger partial charge in [-0.1, -0.05) is 37.4 Å². The minimum atomic E-state index is -0.885. The standard InChI is InChI=1S/C52H50N4O12/c1-7-49(57)65-27-11-9-25-63-43-19-13-37(14-20-43)29-41(33-53)51(59)67-45-23-17-39(31-47(45)61-5)35(3)55-56-36(4)40-18-24-46(48(32-40)62-6)68-52(60)42(34-54)30-38-15-21-44(22-16-38)64-26-10-12-28-66-50(58)8-2/h7-8,13-24,29-32H,1-2,9-12,25-28H2,3-6H3/b41-29+,42-30+,55-35+,56-36+. The second-order valence-electron chi connectivity index (χ2n) is 14.2. The summed E-state index contributed by atoms with van der Waals surface area (Å²) in [5.41, 5.74) is 2.87. The Bertz CT molecular complexity index is 2470. The third-order valence-corrected chi connectivity index (χ3v) is 9.42. The molecule has 0 aliphatic heterocycles. The second kappa shape index (κ2) is 27.5. The molecule has 0 amide bonds. The quantitative estimate of drug-likeness (QED) is 0.0116. The number of hydrogen-bond donors (Lipinski definition) is 0. The van der Waals surface area contributed by atoms with Crippen LogP contribution in [0.15, 0.2) is 132 Å². The van der Waals surface area contributed by atoms with E-state index in [0.717, 1.165) is 12.2 Å². The molecule has 4 aromatic carbocycles. The molecule has 0 spiro atoms. The van der Waals surface area contributed by atoms with Gasteiger partial charge in [-0.15, -0.1) is 0 Å². The van der Waals surface area contributed by atoms with Gasteiger partial charge < -0.3 is 37.9 Å². The van der Waals surface area contributed by atoms with Crippen LogP contribution >= 0.6 is 0 Å². The average Bonchev–Trinajstić information content (AvgIpc) is 3.36. The Kier molecular flexibility index (Phi) is 21.0. The highest BCUT2D eigenvalue weighted by atomic mass is 16.6. The van der Waals surface area contributed by atoms with Gasteiger partial charge >= 0.3 is 23.9 Å². The van der Waals surface area contributed by atoms with Gasteiger partial charge in [0.05, 0.1) is 52.1 Å². The Hall–Kier alpha value is -8.76. The third kappa shape index (κ3) is 16.7. The Balaban J connectivity index is 1.34. The zero-order valence-corrected chi connectivity index (χ0v) is 38.2. The summed E-state index contributed by atoms with van der Waals surface area (Å²) in [7, 11) is 2.82. The average molecular weight is 923 g/mol. The van der Waals surface area contributed by atoms with Gasteiger partial charge in [-0.25, -0.2) is 19.2 Å². The van der Waals surface area contributed by atoms with Crippen molar-refractivity contribution in [3.05, 3.63) is 144 Å². The van der Waals surface area contributed by atoms with Crippen LogP contribution in [-0.2, 0) is 28.7 Å². The van der Waals surface area contributed by atoms with Crippen LogP contribution in [0.25, 0.3) is 12.2 Å². The molecule has 68 heavy (non-hydrogen) atoms. The molecule has 0 aliphatic rings. The van der Waals surface area contributed by atoms with E-state index in [9.17, 15) is 29.7 Å². The summed E-state index contributed by atoms with van der Waals surface area (Å²) < 4.78 is 43.4. The first-order valence-corrected chi connectivity index (χ1v) is 21.1. The number of unbranched alkanes of at least 4 members (excludes halogenated alkanes) is 2. The molecular formula is C52H50N4O12. The van der Waals surface area contributed by atoms with Crippen molar-refractivity contribution in [2.24, 2.45) is 10.2 Å². The van der Waals surface area contributed by atoms with Crippen LogP contribution < -0.4 is 28.4 Å². The lowest BCUT2D eigenvalue weighted by Gasteiger charge is -2.11. The van der Waals surface area contributed by atoms with Crippen LogP contribution in [-0.4, -0.2) is 75.9 Å². The smallest absolute Gasteiger partial charge is 0.354 e. The summed E-state index contributed by atoms with van der Waals surface area (Å²) in [5.74, 6) is -0.928. The van der Waals surface area contributed by atoms with Gasteiger partial charge in [-0.2, -0.15) is 20.7 Å². The molecule has 0 N–H and O–H groups in total. The van der Waals surface area contributed by atoms with Crippen LogP contribution in [0.1, 0.15) is 61.8 Å². The molecule has 0 radical (unpaired) electrons. The molecule has 4 aromatic rings. The van der Waals surface area contributed by atoms with E-state index in [1.807, 2.05) is 12.1 Å². The first kappa shape index (κ1) is 51.9. The highest BCUT2D eigenvalue weighted by Crippen LogP contribution is 2.31. The topological polar surface area (TPSA) is 214 Å². The summed E-state index contributed by atoms with van der Waals surface area (Å²) in [6.07, 6.45) is 7.63. The lowest BCUT2D eigenvalue weighted by molar-refractivity contribution is -0.138. The first-order valence-electron chi connectivity index (χ1n) is 21.1. The highest BCUT2D eigenvalue weighted by Gasteiger charge is 2.18. The molecule has 0 fully saturated rings. The van der Waals surface area contributed by atoms with Crippen LogP contribution in [0.4, 0.5) is 0 Å². The van der Waals surface area contributed by atoms with E-state index >= 15 is 0 Å². The lowest BCUT2D eigenvalue weighted by atomic mass is 10.1. The molecule has 0 heterocycles. The number of nitrogens with zero attached hydrogens (tertiary/aromatic N) is 4. The van der Waals surface area contributed by atoms with E-state index in [2.05, 4.69) is 23.4 Å². The van der Waals surface area contributed by atoms with E-state index < -0.39 is 23.9 Å². The molecule has 0 unspecified atom stereocenters. The molecule has 0 aromatic heterocycles. The summed E-state index contributed by atoms with van der Waals surface area (Å²) in [6.45, 7) is 11.5. The number of rotatable bonds is 25. The van der Waals surface area contributed by atoms with Crippen LogP contribution in [0.2, 0.25) is 0 Å². The molecular weight excluding hydrogens is 873 g/mol. The predicted molar refractivity (Wildman–Crippen MR) is 254 cm³/mol. The number of carbonyl (C=O) groups is 4. The van der Waals surface area contributed by atoms with Crippen molar-refractivity contribution in [1.29, 1.82) is 10.5 Å². The van der Waals surface area contributed by atoms with Crippen molar-refractivity contribution in [2.45, 2.75) is 39.5 Å². The first-order chi connectivity index (χ1) is 32.9. The Morgan fingerprint density at radius 2 is 0.912 bits per heavy atom. The van der Waals surface area contributed by atoms with Gasteiger partial charge in [-0.3, -0.25) is 0 Å². The molecule has 16 heteroatoms. The Labute approximate surface area is 394 Å². The zero-order chi connectivity index (χ0) is 49.3. The number of methoxy groups -OCH3 is 2. The SMILES string of the molecule is C=CC(=O)OCCCCOc1ccc(/C=C(\C#N)C(=O)Oc2ccc(/C(C)=N/N=C(\C)c3ccc(OC(=O)/C(C#N)=C/c4ccc(OCCCCOC(=O)C=C)cc4)c(OC)c3)cc2OC)cc1. The molecule has 0 bridgehead atoms. The summed E-state index contributed by atoms with van der Waals surface area (Å²) in [6, 6.07) is 27.0. The van der Waals surface area contributed by atoms with E-state index in [0.29, 0.717) is 84.1 Å². The molecule has 0 atom stereocenters. The molecule has 0 saturated carbocycles. The van der Waals surface area contributed by atoms with Crippen molar-refractivity contribution in [1.82, 2.24) is 0 Å². The minimum absolute atomic E-state index is 0.0819. The van der Waals surface area contributed by atoms with Crippen molar-refractivity contribution in [3.63, 3.8) is 0 Å². The Morgan fingerprint density at radius 3 is 1.25 bits per heavy atom. The van der Waals surface area contributed by atoms with Crippen molar-refractivity contribution in [3.8, 4) is 46.6 Å². The number of esters is 4. The fourth-order valence-corrected chi connectivity index (χ4v) is 5.71. The summed E-state index contributed by atoms with van der Waals surface area (Å²) in [4.78, 5) is 48.4. The normalized spacial score (nSPS) is 11.5. The van der Waals surface area contributed by atoms with Gasteiger partial charge in [0.15, 0.2) is 23.0 Å². The molecule has 0 aliphatic carbocycles. The maximum Gasteiger partial charge on any atom is 0.354 e. The predicted octanol–water partition coefficient (Wildman–Crippen LogP) is 8.74. The number of ether oxygens (including phenoxy) is 8. The minimum Gasteiger partial charge on any atom is -0.494 e. The monoisotopic (exact) mass is 922 g/mol. The van der Waals surface area contributed by atoms with E-state index in [-0.39, 0.29) is 47.4 Å². The van der Waals surface area contributed by atoms with Gasteiger partial charge in [0.1, 0.15) is 34.8 Å². The summed E-state index contributed by atoms with van der Waals surface area (Å²) in [5, 5.41) is 28.3. The maximum atomic E-state index is 13.1. The zero-order valence-electron chi connectivity index (χ0n) is 38.2. The van der Waals surface area contributed by atoms with Gasteiger partial charge in [0.2, 0.25) is 0 Å². The van der Waals surface area contributed by atoms with Gasteiger partial charge in [-0.05, 0) is 123 Å². The van der Waals surface area contributed by atoms with Gasteiger partial charge in [0.25, 0.3) is 0 Å². The molecule has 350 valence electrons. The molecule has 4 rings (SSSR count). The maximum absolute atomic E-state index is 13.1. The summed E-state index contributed by atoms with van der Waals surface area (Å²) >= 11 is 0. The number of nitriles is 2.